The van der Waals surface area contributed by atoms with Crippen molar-refractivity contribution >= 4 is 17.4 Å². The minimum atomic E-state index is 1.16. The molecule has 60 valence electrons. The molecule has 0 aliphatic carbocycles. The fraction of sp³-hybridized carbons (Fsp3) is 0.200. The van der Waals surface area contributed by atoms with Gasteiger partial charge in [-0.25, -0.2) is 0 Å². The summed E-state index contributed by atoms with van der Waals surface area (Å²) < 4.78 is 0. The van der Waals surface area contributed by atoms with Gasteiger partial charge in [-0.2, -0.15) is 0 Å². The topological polar surface area (TPSA) is 3.24 Å². The smallest absolute Gasteiger partial charge is 0.0581 e. The van der Waals surface area contributed by atoms with Crippen LogP contribution in [0.25, 0.3) is 0 Å². The van der Waals surface area contributed by atoms with Gasteiger partial charge in [0.1, 0.15) is 0 Å². The zero-order valence-electron chi connectivity index (χ0n) is 6.66. The zero-order chi connectivity index (χ0) is 7.97. The standard InChI is InChI=1S/C10H9NS/c1-2-8-4-5-11-6-7-12-9(3-1)10(8)11/h1-3,6-7H,4-5H2. The number of para-hydroxylation sites is 1. The second kappa shape index (κ2) is 2.30. The predicted octanol–water partition coefficient (Wildman–Crippen LogP) is 2.63. The van der Waals surface area contributed by atoms with Gasteiger partial charge in [-0.3, -0.25) is 0 Å². The van der Waals surface area contributed by atoms with Gasteiger partial charge in [0.2, 0.25) is 0 Å². The highest BCUT2D eigenvalue weighted by atomic mass is 32.2. The second-order valence-corrected chi connectivity index (χ2v) is 4.06. The molecule has 0 unspecified atom stereocenters. The lowest BCUT2D eigenvalue weighted by Gasteiger charge is -2.20. The predicted molar refractivity (Wildman–Crippen MR) is 52.5 cm³/mol. The first kappa shape index (κ1) is 6.61. The van der Waals surface area contributed by atoms with Crippen LogP contribution in [0.3, 0.4) is 0 Å². The number of hydrogen-bond acceptors (Lipinski definition) is 2. The van der Waals surface area contributed by atoms with Crippen molar-refractivity contribution in [1.29, 1.82) is 0 Å². The fourth-order valence-corrected chi connectivity index (χ4v) is 2.74. The molecule has 2 aliphatic rings. The highest BCUT2D eigenvalue weighted by molar-refractivity contribution is 8.02. The van der Waals surface area contributed by atoms with Crippen molar-refractivity contribution in [2.45, 2.75) is 11.3 Å². The Hall–Kier alpha value is -0.890. The molecular formula is C10H9NS. The van der Waals surface area contributed by atoms with E-state index in [1.54, 1.807) is 0 Å². The lowest BCUT2D eigenvalue weighted by Crippen LogP contribution is -2.13. The van der Waals surface area contributed by atoms with Crippen LogP contribution in [0.2, 0.25) is 0 Å². The maximum atomic E-state index is 2.35. The van der Waals surface area contributed by atoms with E-state index in [1.165, 1.54) is 22.6 Å². The number of nitrogens with zero attached hydrogens (tertiary/aromatic N) is 1. The van der Waals surface area contributed by atoms with Crippen molar-refractivity contribution in [3.63, 3.8) is 0 Å². The molecule has 0 aromatic heterocycles. The number of rotatable bonds is 0. The normalized spacial score (nSPS) is 18.2. The Morgan fingerprint density at radius 3 is 3.33 bits per heavy atom. The van der Waals surface area contributed by atoms with Crippen LogP contribution in [-0.4, -0.2) is 6.54 Å². The Bertz CT molecular complexity index is 357. The highest BCUT2D eigenvalue weighted by Crippen LogP contribution is 2.41. The molecular weight excluding hydrogens is 166 g/mol. The molecule has 0 atom stereocenters. The quantitative estimate of drug-likeness (QED) is 0.596. The van der Waals surface area contributed by atoms with Gasteiger partial charge in [0.25, 0.3) is 0 Å². The summed E-state index contributed by atoms with van der Waals surface area (Å²) in [6.45, 7) is 1.16. The summed E-state index contributed by atoms with van der Waals surface area (Å²) in [5, 5.41) is 2.16. The Kier molecular flexibility index (Phi) is 1.27. The lowest BCUT2D eigenvalue weighted by atomic mass is 10.2. The van der Waals surface area contributed by atoms with Crippen molar-refractivity contribution in [2.75, 3.05) is 11.4 Å². The molecule has 0 saturated heterocycles. The van der Waals surface area contributed by atoms with Gasteiger partial charge in [-0.05, 0) is 23.5 Å². The molecule has 3 rings (SSSR count). The molecule has 0 amide bonds. The van der Waals surface area contributed by atoms with E-state index in [-0.39, 0.29) is 0 Å². The first-order valence-corrected chi connectivity index (χ1v) is 5.05. The second-order valence-electron chi connectivity index (χ2n) is 3.11. The first-order chi connectivity index (χ1) is 5.95. The van der Waals surface area contributed by atoms with Crippen LogP contribution < -0.4 is 4.90 Å². The summed E-state index contributed by atoms with van der Waals surface area (Å²) in [5.74, 6) is 0. The number of hydrogen-bond donors (Lipinski definition) is 0. The summed E-state index contributed by atoms with van der Waals surface area (Å²) in [6.07, 6.45) is 3.39. The Balaban J connectivity index is 2.28. The summed E-state index contributed by atoms with van der Waals surface area (Å²) >= 11 is 1.82. The average molecular weight is 175 g/mol. The summed E-state index contributed by atoms with van der Waals surface area (Å²) in [4.78, 5) is 3.76. The number of benzene rings is 1. The minimum absolute atomic E-state index is 1.16. The summed E-state index contributed by atoms with van der Waals surface area (Å²) in [5.41, 5.74) is 2.95. The number of thioether (sulfide) groups is 1. The maximum Gasteiger partial charge on any atom is 0.0581 e. The van der Waals surface area contributed by atoms with Crippen LogP contribution in [0.5, 0.6) is 0 Å². The van der Waals surface area contributed by atoms with Gasteiger partial charge in [0.15, 0.2) is 0 Å². The van der Waals surface area contributed by atoms with E-state index in [1.807, 2.05) is 11.8 Å². The third kappa shape index (κ3) is 0.758. The van der Waals surface area contributed by atoms with Crippen molar-refractivity contribution in [3.8, 4) is 0 Å². The van der Waals surface area contributed by atoms with Crippen LogP contribution in [0.4, 0.5) is 5.69 Å². The molecule has 2 heterocycles. The molecule has 0 N–H and O–H groups in total. The lowest BCUT2D eigenvalue weighted by molar-refractivity contribution is 0.988. The van der Waals surface area contributed by atoms with Crippen molar-refractivity contribution in [1.82, 2.24) is 0 Å². The van der Waals surface area contributed by atoms with Gasteiger partial charge in [-0.1, -0.05) is 23.9 Å². The molecule has 0 radical (unpaired) electrons. The Morgan fingerprint density at radius 1 is 1.33 bits per heavy atom. The van der Waals surface area contributed by atoms with E-state index >= 15 is 0 Å². The van der Waals surface area contributed by atoms with Gasteiger partial charge in [0.05, 0.1) is 5.69 Å². The SMILES string of the molecule is C1=CN2CCc3cccc(c32)S1. The third-order valence-corrected chi connectivity index (χ3v) is 3.27. The average Bonchev–Trinajstić information content (AvgIpc) is 2.52. The fourth-order valence-electron chi connectivity index (χ4n) is 1.87. The van der Waals surface area contributed by atoms with Crippen LogP contribution in [0, 0.1) is 0 Å². The van der Waals surface area contributed by atoms with Crippen LogP contribution in [-0.2, 0) is 6.42 Å². The zero-order valence-corrected chi connectivity index (χ0v) is 7.47. The van der Waals surface area contributed by atoms with Crippen molar-refractivity contribution in [3.05, 3.63) is 35.4 Å². The van der Waals surface area contributed by atoms with E-state index < -0.39 is 0 Å². The van der Waals surface area contributed by atoms with Gasteiger partial charge >= 0.3 is 0 Å². The third-order valence-electron chi connectivity index (χ3n) is 2.43. The van der Waals surface area contributed by atoms with Crippen LogP contribution >= 0.6 is 11.8 Å². The first-order valence-electron chi connectivity index (χ1n) is 4.17. The molecule has 1 nitrogen and oxygen atoms in total. The van der Waals surface area contributed by atoms with Crippen molar-refractivity contribution in [2.24, 2.45) is 0 Å². The maximum absolute atomic E-state index is 2.35. The van der Waals surface area contributed by atoms with E-state index in [4.69, 9.17) is 0 Å². The molecule has 2 aliphatic heterocycles. The molecule has 0 spiro atoms. The van der Waals surface area contributed by atoms with Crippen molar-refractivity contribution < 1.29 is 0 Å². The minimum Gasteiger partial charge on any atom is -0.346 e. The molecule has 0 fully saturated rings. The van der Waals surface area contributed by atoms with Crippen LogP contribution in [0.15, 0.2) is 34.7 Å². The molecule has 2 heteroatoms. The van der Waals surface area contributed by atoms with Gasteiger partial charge in [-0.15, -0.1) is 0 Å². The van der Waals surface area contributed by atoms with E-state index in [2.05, 4.69) is 34.7 Å². The van der Waals surface area contributed by atoms with Crippen LogP contribution in [0.1, 0.15) is 5.56 Å². The molecule has 0 bridgehead atoms. The molecule has 1 aromatic carbocycles. The molecule has 0 saturated carbocycles. The number of anilines is 1. The summed E-state index contributed by atoms with van der Waals surface area (Å²) in [7, 11) is 0. The molecule has 1 aromatic rings. The van der Waals surface area contributed by atoms with Gasteiger partial charge in [0, 0.05) is 17.6 Å². The van der Waals surface area contributed by atoms with E-state index in [9.17, 15) is 0 Å². The Labute approximate surface area is 76.1 Å². The largest absolute Gasteiger partial charge is 0.346 e. The summed E-state index contributed by atoms with van der Waals surface area (Å²) in [6, 6.07) is 6.59. The van der Waals surface area contributed by atoms with Gasteiger partial charge < -0.3 is 4.90 Å². The Morgan fingerprint density at radius 2 is 2.33 bits per heavy atom. The van der Waals surface area contributed by atoms with E-state index in [0.29, 0.717) is 0 Å². The molecule has 12 heavy (non-hydrogen) atoms. The monoisotopic (exact) mass is 175 g/mol. The van der Waals surface area contributed by atoms with E-state index in [0.717, 1.165) is 6.54 Å². The highest BCUT2D eigenvalue weighted by Gasteiger charge is 2.22.